The Hall–Kier alpha value is -2.84. The first-order valence-electron chi connectivity index (χ1n) is 9.24. The maximum atomic E-state index is 12.9. The second kappa shape index (κ2) is 9.77. The van der Waals surface area contributed by atoms with E-state index in [0.717, 1.165) is 16.8 Å². The van der Waals surface area contributed by atoms with Crippen molar-refractivity contribution in [2.45, 2.75) is 13.8 Å². The van der Waals surface area contributed by atoms with E-state index in [1.165, 1.54) is 23.8 Å². The normalized spacial score (nSPS) is 14.9. The van der Waals surface area contributed by atoms with Crippen molar-refractivity contribution in [2.75, 3.05) is 25.2 Å². The summed E-state index contributed by atoms with van der Waals surface area (Å²) < 4.78 is 16.2. The predicted molar refractivity (Wildman–Crippen MR) is 122 cm³/mol. The third-order valence-electron chi connectivity index (χ3n) is 4.22. The van der Waals surface area contributed by atoms with Crippen molar-refractivity contribution >= 4 is 51.9 Å². The van der Waals surface area contributed by atoms with Gasteiger partial charge >= 0.3 is 5.97 Å². The molecule has 1 aliphatic rings. The summed E-state index contributed by atoms with van der Waals surface area (Å²) in [6.07, 6.45) is 1.74. The SMILES string of the molecule is CCOC(=O)COc1cc(/C=C2/SC(=S)N(c3ccc(C)cc3)C2=O)ccc1OC. The van der Waals surface area contributed by atoms with E-state index in [1.54, 1.807) is 31.2 Å². The summed E-state index contributed by atoms with van der Waals surface area (Å²) in [4.78, 5) is 26.5. The highest BCUT2D eigenvalue weighted by Crippen LogP contribution is 2.37. The Morgan fingerprint density at radius 3 is 2.57 bits per heavy atom. The van der Waals surface area contributed by atoms with Crippen LogP contribution in [0.2, 0.25) is 0 Å². The predicted octanol–water partition coefficient (Wildman–Crippen LogP) is 4.35. The number of aryl methyl sites for hydroxylation is 1. The molecule has 8 heteroatoms. The van der Waals surface area contributed by atoms with Crippen LogP contribution in [0.25, 0.3) is 6.08 Å². The van der Waals surface area contributed by atoms with E-state index in [0.29, 0.717) is 20.7 Å². The quantitative estimate of drug-likeness (QED) is 0.358. The number of methoxy groups -OCH3 is 1. The standard InChI is InChI=1S/C22H21NO5S2/c1-4-27-20(24)13-28-18-11-15(7-10-17(18)26-3)12-19-21(25)23(22(29)30-19)16-8-5-14(2)6-9-16/h5-12H,4,13H2,1-3H3/b19-12+. The van der Waals surface area contributed by atoms with Gasteiger partial charge in [0.1, 0.15) is 0 Å². The second-order valence-corrected chi connectivity index (χ2v) is 8.03. The number of thiocarbonyl (C=S) groups is 1. The molecule has 1 fully saturated rings. The highest BCUT2D eigenvalue weighted by Gasteiger charge is 2.33. The summed E-state index contributed by atoms with van der Waals surface area (Å²) in [6, 6.07) is 12.8. The average molecular weight is 444 g/mol. The molecule has 1 saturated heterocycles. The lowest BCUT2D eigenvalue weighted by Crippen LogP contribution is -2.27. The van der Waals surface area contributed by atoms with Crippen molar-refractivity contribution in [1.82, 2.24) is 0 Å². The highest BCUT2D eigenvalue weighted by molar-refractivity contribution is 8.27. The van der Waals surface area contributed by atoms with E-state index in [1.807, 2.05) is 31.2 Å². The Kier molecular flexibility index (Phi) is 7.12. The van der Waals surface area contributed by atoms with Crippen LogP contribution in [-0.4, -0.2) is 36.5 Å². The van der Waals surface area contributed by atoms with Crippen LogP contribution in [0.4, 0.5) is 5.69 Å². The molecule has 0 bridgehead atoms. The van der Waals surface area contributed by atoms with Gasteiger partial charge in [0.25, 0.3) is 5.91 Å². The van der Waals surface area contributed by atoms with E-state index < -0.39 is 5.97 Å². The molecule has 0 aromatic heterocycles. The van der Waals surface area contributed by atoms with Gasteiger partial charge in [0, 0.05) is 0 Å². The van der Waals surface area contributed by atoms with Crippen molar-refractivity contribution < 1.29 is 23.8 Å². The smallest absolute Gasteiger partial charge is 0.344 e. The molecule has 6 nitrogen and oxygen atoms in total. The molecule has 0 spiro atoms. The first kappa shape index (κ1) is 21.9. The number of hydrogen-bond donors (Lipinski definition) is 0. The highest BCUT2D eigenvalue weighted by atomic mass is 32.2. The number of benzene rings is 2. The molecule has 0 N–H and O–H groups in total. The van der Waals surface area contributed by atoms with Crippen molar-refractivity contribution in [1.29, 1.82) is 0 Å². The molecule has 30 heavy (non-hydrogen) atoms. The number of carbonyl (C=O) groups excluding carboxylic acids is 2. The molecule has 0 aliphatic carbocycles. The Morgan fingerprint density at radius 2 is 1.90 bits per heavy atom. The zero-order chi connectivity index (χ0) is 21.7. The topological polar surface area (TPSA) is 65.1 Å². The fourth-order valence-electron chi connectivity index (χ4n) is 2.77. The summed E-state index contributed by atoms with van der Waals surface area (Å²) in [5.41, 5.74) is 2.56. The minimum absolute atomic E-state index is 0.182. The lowest BCUT2D eigenvalue weighted by Gasteiger charge is -2.14. The zero-order valence-electron chi connectivity index (χ0n) is 16.8. The molecule has 2 aromatic carbocycles. The minimum Gasteiger partial charge on any atom is -0.493 e. The van der Waals surface area contributed by atoms with Gasteiger partial charge in [-0.3, -0.25) is 9.69 Å². The lowest BCUT2D eigenvalue weighted by molar-refractivity contribution is -0.145. The Bertz CT molecular complexity index is 1000. The fraction of sp³-hybridized carbons (Fsp3) is 0.227. The monoisotopic (exact) mass is 443 g/mol. The number of ether oxygens (including phenoxy) is 3. The van der Waals surface area contributed by atoms with Gasteiger partial charge < -0.3 is 14.2 Å². The van der Waals surface area contributed by atoms with Crippen molar-refractivity contribution in [3.05, 3.63) is 58.5 Å². The summed E-state index contributed by atoms with van der Waals surface area (Å²) in [5.74, 6) is 0.208. The van der Waals surface area contributed by atoms with E-state index in [9.17, 15) is 9.59 Å². The second-order valence-electron chi connectivity index (χ2n) is 6.36. The number of amides is 1. The van der Waals surface area contributed by atoms with E-state index in [-0.39, 0.29) is 19.1 Å². The lowest BCUT2D eigenvalue weighted by atomic mass is 10.1. The molecule has 0 atom stereocenters. The molecular weight excluding hydrogens is 422 g/mol. The third kappa shape index (κ3) is 5.01. The third-order valence-corrected chi connectivity index (χ3v) is 5.52. The molecule has 1 heterocycles. The summed E-state index contributed by atoms with van der Waals surface area (Å²) in [5, 5.41) is 0. The van der Waals surface area contributed by atoms with Crippen LogP contribution < -0.4 is 14.4 Å². The first-order valence-corrected chi connectivity index (χ1v) is 10.5. The van der Waals surface area contributed by atoms with Gasteiger partial charge in [0.15, 0.2) is 22.4 Å². The Labute approximate surface area is 184 Å². The zero-order valence-corrected chi connectivity index (χ0v) is 18.5. The summed E-state index contributed by atoms with van der Waals surface area (Å²) >= 11 is 6.66. The van der Waals surface area contributed by atoms with Gasteiger partial charge in [-0.1, -0.05) is 47.7 Å². The van der Waals surface area contributed by atoms with E-state index in [2.05, 4.69) is 0 Å². The number of hydrogen-bond acceptors (Lipinski definition) is 7. The minimum atomic E-state index is -0.469. The maximum absolute atomic E-state index is 12.9. The van der Waals surface area contributed by atoms with Crippen LogP contribution in [-0.2, 0) is 14.3 Å². The molecule has 1 aliphatic heterocycles. The largest absolute Gasteiger partial charge is 0.493 e. The summed E-state index contributed by atoms with van der Waals surface area (Å²) in [7, 11) is 1.51. The van der Waals surface area contributed by atoms with Gasteiger partial charge in [-0.25, -0.2) is 4.79 Å². The van der Waals surface area contributed by atoms with Crippen LogP contribution in [0.3, 0.4) is 0 Å². The molecule has 0 radical (unpaired) electrons. The van der Waals surface area contributed by atoms with Gasteiger partial charge in [-0.05, 0) is 49.8 Å². The molecular formula is C22H21NO5S2. The van der Waals surface area contributed by atoms with Crippen LogP contribution in [0.15, 0.2) is 47.4 Å². The number of rotatable bonds is 7. The molecule has 1 amide bonds. The number of esters is 1. The molecule has 0 saturated carbocycles. The van der Waals surface area contributed by atoms with Crippen molar-refractivity contribution in [3.8, 4) is 11.5 Å². The summed E-state index contributed by atoms with van der Waals surface area (Å²) in [6.45, 7) is 3.76. The molecule has 2 aromatic rings. The maximum Gasteiger partial charge on any atom is 0.344 e. The Morgan fingerprint density at radius 1 is 1.17 bits per heavy atom. The molecule has 156 valence electrons. The van der Waals surface area contributed by atoms with E-state index >= 15 is 0 Å². The van der Waals surface area contributed by atoms with Crippen LogP contribution in [0, 0.1) is 6.92 Å². The average Bonchev–Trinajstić information content (AvgIpc) is 3.00. The number of carbonyl (C=O) groups is 2. The van der Waals surface area contributed by atoms with Crippen LogP contribution in [0.5, 0.6) is 11.5 Å². The number of anilines is 1. The molecule has 3 rings (SSSR count). The van der Waals surface area contributed by atoms with E-state index in [4.69, 9.17) is 26.4 Å². The van der Waals surface area contributed by atoms with Gasteiger partial charge in [0.05, 0.1) is 24.3 Å². The fourth-order valence-corrected chi connectivity index (χ4v) is 4.07. The van der Waals surface area contributed by atoms with Crippen LogP contribution in [0.1, 0.15) is 18.1 Å². The first-order chi connectivity index (χ1) is 14.4. The van der Waals surface area contributed by atoms with Gasteiger partial charge in [-0.15, -0.1) is 0 Å². The van der Waals surface area contributed by atoms with Crippen LogP contribution >= 0.6 is 24.0 Å². The van der Waals surface area contributed by atoms with Gasteiger partial charge in [-0.2, -0.15) is 0 Å². The van der Waals surface area contributed by atoms with Gasteiger partial charge in [0.2, 0.25) is 0 Å². The van der Waals surface area contributed by atoms with Crippen molar-refractivity contribution in [2.24, 2.45) is 0 Å². The Balaban J connectivity index is 1.83. The molecule has 0 unspecified atom stereocenters. The number of nitrogens with zero attached hydrogens (tertiary/aromatic N) is 1. The number of thioether (sulfide) groups is 1. The van der Waals surface area contributed by atoms with Crippen molar-refractivity contribution in [3.63, 3.8) is 0 Å².